The monoisotopic (exact) mass is 295 g/mol. The van der Waals surface area contributed by atoms with Crippen molar-refractivity contribution in [1.82, 2.24) is 4.98 Å². The number of rotatable bonds is 3. The average molecular weight is 295 g/mol. The van der Waals surface area contributed by atoms with E-state index in [1.165, 1.54) is 6.20 Å². The first-order valence-corrected chi connectivity index (χ1v) is 6.40. The molecule has 0 saturated carbocycles. The minimum absolute atomic E-state index is 0.149. The van der Waals surface area contributed by atoms with E-state index in [0.717, 1.165) is 17.7 Å². The number of pyridine rings is 1. The number of halogens is 3. The third-order valence-electron chi connectivity index (χ3n) is 3.41. The molecule has 6 heteroatoms. The van der Waals surface area contributed by atoms with E-state index in [1.54, 1.807) is 24.1 Å². The normalized spacial score (nSPS) is 13.0. The lowest BCUT2D eigenvalue weighted by Gasteiger charge is -2.27. The lowest BCUT2D eigenvalue weighted by Crippen LogP contribution is -2.23. The van der Waals surface area contributed by atoms with E-state index in [9.17, 15) is 13.2 Å². The first-order valence-electron chi connectivity index (χ1n) is 6.40. The van der Waals surface area contributed by atoms with Crippen molar-refractivity contribution in [3.05, 3.63) is 53.7 Å². The predicted molar refractivity (Wildman–Crippen MR) is 76.9 cm³/mol. The van der Waals surface area contributed by atoms with Crippen LogP contribution in [0.5, 0.6) is 0 Å². The molecule has 112 valence electrons. The molecular formula is C15H16F3N3. The summed E-state index contributed by atoms with van der Waals surface area (Å²) in [6.45, 7) is 1.89. The van der Waals surface area contributed by atoms with E-state index in [0.29, 0.717) is 5.69 Å². The first kappa shape index (κ1) is 15.2. The number of anilines is 2. The van der Waals surface area contributed by atoms with Gasteiger partial charge in [-0.1, -0.05) is 12.1 Å². The topological polar surface area (TPSA) is 42.1 Å². The van der Waals surface area contributed by atoms with Crippen molar-refractivity contribution in [3.8, 4) is 0 Å². The van der Waals surface area contributed by atoms with E-state index in [4.69, 9.17) is 5.73 Å². The summed E-state index contributed by atoms with van der Waals surface area (Å²) < 4.78 is 38.2. The van der Waals surface area contributed by atoms with Crippen LogP contribution in [0.1, 0.15) is 24.1 Å². The molecule has 1 aromatic heterocycles. The first-order chi connectivity index (χ1) is 9.79. The van der Waals surface area contributed by atoms with Crippen LogP contribution in [0, 0.1) is 0 Å². The minimum Gasteiger partial charge on any atom is -0.399 e. The molecular weight excluding hydrogens is 279 g/mol. The fourth-order valence-electron chi connectivity index (χ4n) is 2.03. The molecule has 0 radical (unpaired) electrons. The van der Waals surface area contributed by atoms with Crippen molar-refractivity contribution >= 4 is 11.5 Å². The molecule has 2 rings (SSSR count). The molecule has 1 aromatic carbocycles. The zero-order chi connectivity index (χ0) is 15.6. The molecule has 1 heterocycles. The number of aromatic nitrogens is 1. The second kappa shape index (κ2) is 5.63. The van der Waals surface area contributed by atoms with Crippen LogP contribution in [0.2, 0.25) is 0 Å². The molecule has 0 amide bonds. The summed E-state index contributed by atoms with van der Waals surface area (Å²) in [5.74, 6) is 0.264. The molecule has 0 bridgehead atoms. The number of nitrogen functional groups attached to an aromatic ring is 1. The Kier molecular flexibility index (Phi) is 4.06. The molecule has 0 fully saturated rings. The summed E-state index contributed by atoms with van der Waals surface area (Å²) in [7, 11) is 1.70. The van der Waals surface area contributed by atoms with Crippen LogP contribution in [0.15, 0.2) is 42.6 Å². The Bertz CT molecular complexity index is 626. The van der Waals surface area contributed by atoms with Crippen LogP contribution in [0.25, 0.3) is 0 Å². The van der Waals surface area contributed by atoms with Crippen molar-refractivity contribution < 1.29 is 13.2 Å². The molecule has 0 aliphatic carbocycles. The predicted octanol–water partition coefficient (Wildman–Crippen LogP) is 3.88. The van der Waals surface area contributed by atoms with Crippen molar-refractivity contribution in [3.63, 3.8) is 0 Å². The lowest BCUT2D eigenvalue weighted by molar-refractivity contribution is -0.137. The van der Waals surface area contributed by atoms with E-state index < -0.39 is 11.7 Å². The van der Waals surface area contributed by atoms with Crippen LogP contribution >= 0.6 is 0 Å². The van der Waals surface area contributed by atoms with Gasteiger partial charge in [-0.2, -0.15) is 13.2 Å². The fraction of sp³-hybridized carbons (Fsp3) is 0.267. The Labute approximate surface area is 121 Å². The largest absolute Gasteiger partial charge is 0.416 e. The Hall–Kier alpha value is -2.24. The maximum atomic E-state index is 12.7. The standard InChI is InChI=1S/C15H16F3N3/c1-10(11-4-3-5-13(19)8-11)21(2)14-9-12(6-7-20-14)15(16,17)18/h3-10H,19H2,1-2H3. The van der Waals surface area contributed by atoms with Crippen LogP contribution in [0.3, 0.4) is 0 Å². The molecule has 0 aliphatic heterocycles. The number of nitrogens with zero attached hydrogens (tertiary/aromatic N) is 2. The SMILES string of the molecule is CC(c1cccc(N)c1)N(C)c1cc(C(F)(F)F)ccn1. The number of nitrogens with two attached hydrogens (primary N) is 1. The average Bonchev–Trinajstić information content (AvgIpc) is 2.45. The Morgan fingerprint density at radius 1 is 1.19 bits per heavy atom. The highest BCUT2D eigenvalue weighted by atomic mass is 19.4. The highest BCUT2D eigenvalue weighted by molar-refractivity contribution is 5.47. The van der Waals surface area contributed by atoms with Gasteiger partial charge in [-0.25, -0.2) is 4.98 Å². The smallest absolute Gasteiger partial charge is 0.399 e. The van der Waals surface area contributed by atoms with Crippen molar-refractivity contribution in [2.45, 2.75) is 19.1 Å². The van der Waals surface area contributed by atoms with Crippen molar-refractivity contribution in [2.75, 3.05) is 17.7 Å². The van der Waals surface area contributed by atoms with Crippen LogP contribution < -0.4 is 10.6 Å². The zero-order valence-electron chi connectivity index (χ0n) is 11.7. The Morgan fingerprint density at radius 2 is 1.90 bits per heavy atom. The van der Waals surface area contributed by atoms with Crippen LogP contribution in [-0.2, 0) is 6.18 Å². The summed E-state index contributed by atoms with van der Waals surface area (Å²) in [5, 5.41) is 0. The van der Waals surface area contributed by atoms with Gasteiger partial charge in [0.15, 0.2) is 0 Å². The fourth-order valence-corrected chi connectivity index (χ4v) is 2.03. The zero-order valence-corrected chi connectivity index (χ0v) is 11.7. The molecule has 2 N–H and O–H groups in total. The van der Waals surface area contributed by atoms with Crippen LogP contribution in [-0.4, -0.2) is 12.0 Å². The van der Waals surface area contributed by atoms with Crippen molar-refractivity contribution in [1.29, 1.82) is 0 Å². The summed E-state index contributed by atoms with van der Waals surface area (Å²) in [6, 6.07) is 9.11. The third kappa shape index (κ3) is 3.45. The van der Waals surface area contributed by atoms with Crippen molar-refractivity contribution in [2.24, 2.45) is 0 Å². The molecule has 2 aromatic rings. The van der Waals surface area contributed by atoms with Gasteiger partial charge in [-0.3, -0.25) is 0 Å². The molecule has 1 unspecified atom stereocenters. The quantitative estimate of drug-likeness (QED) is 0.874. The van der Waals surface area contributed by atoms with Crippen LogP contribution in [0.4, 0.5) is 24.7 Å². The summed E-state index contributed by atoms with van der Waals surface area (Å²) in [5.41, 5.74) is 6.55. The van der Waals surface area contributed by atoms with Gasteiger partial charge in [0.1, 0.15) is 5.82 Å². The van der Waals surface area contributed by atoms with Gasteiger partial charge in [-0.15, -0.1) is 0 Å². The number of hydrogen-bond donors (Lipinski definition) is 1. The van der Waals surface area contributed by atoms with Gasteiger partial charge in [0.05, 0.1) is 11.6 Å². The highest BCUT2D eigenvalue weighted by Gasteiger charge is 2.31. The van der Waals surface area contributed by atoms with Gasteiger partial charge in [0.2, 0.25) is 0 Å². The maximum absolute atomic E-state index is 12.7. The van der Waals surface area contributed by atoms with Gasteiger partial charge in [-0.05, 0) is 36.8 Å². The Balaban J connectivity index is 2.29. The third-order valence-corrected chi connectivity index (χ3v) is 3.41. The molecule has 0 saturated heterocycles. The number of hydrogen-bond acceptors (Lipinski definition) is 3. The summed E-state index contributed by atoms with van der Waals surface area (Å²) >= 11 is 0. The highest BCUT2D eigenvalue weighted by Crippen LogP contribution is 2.32. The lowest BCUT2D eigenvalue weighted by atomic mass is 10.1. The van der Waals surface area contributed by atoms with Gasteiger partial charge < -0.3 is 10.6 Å². The summed E-state index contributed by atoms with van der Waals surface area (Å²) in [6.07, 6.45) is -3.21. The second-order valence-electron chi connectivity index (χ2n) is 4.86. The van der Waals surface area contributed by atoms with Gasteiger partial charge in [0, 0.05) is 18.9 Å². The van der Waals surface area contributed by atoms with E-state index >= 15 is 0 Å². The number of alkyl halides is 3. The molecule has 21 heavy (non-hydrogen) atoms. The molecule has 1 atom stereocenters. The second-order valence-corrected chi connectivity index (χ2v) is 4.86. The van der Waals surface area contributed by atoms with Gasteiger partial charge in [0.25, 0.3) is 0 Å². The van der Waals surface area contributed by atoms with E-state index in [2.05, 4.69) is 4.98 Å². The minimum atomic E-state index is -4.38. The van der Waals surface area contributed by atoms with E-state index in [-0.39, 0.29) is 11.9 Å². The maximum Gasteiger partial charge on any atom is 0.416 e. The Morgan fingerprint density at radius 3 is 2.52 bits per heavy atom. The molecule has 0 spiro atoms. The van der Waals surface area contributed by atoms with Gasteiger partial charge >= 0.3 is 6.18 Å². The number of benzene rings is 1. The molecule has 3 nitrogen and oxygen atoms in total. The molecule has 0 aliphatic rings. The summed E-state index contributed by atoms with van der Waals surface area (Å²) in [4.78, 5) is 5.70. The van der Waals surface area contributed by atoms with E-state index in [1.807, 2.05) is 19.1 Å².